The van der Waals surface area contributed by atoms with Crippen LogP contribution in [-0.2, 0) is 9.47 Å². The molecule has 2 aliphatic heterocycles. The molecule has 2 heterocycles. The van der Waals surface area contributed by atoms with E-state index < -0.39 is 0 Å². The Morgan fingerprint density at radius 2 is 2.00 bits per heavy atom. The van der Waals surface area contributed by atoms with E-state index in [1.807, 2.05) is 13.0 Å². The molecule has 1 aromatic rings. The minimum absolute atomic E-state index is 0.0566. The van der Waals surface area contributed by atoms with Gasteiger partial charge in [-0.1, -0.05) is 6.07 Å². The van der Waals surface area contributed by atoms with Crippen molar-refractivity contribution < 1.29 is 19.1 Å². The lowest BCUT2D eigenvalue weighted by atomic mass is 9.95. The zero-order valence-corrected chi connectivity index (χ0v) is 13.3. The van der Waals surface area contributed by atoms with Crippen LogP contribution in [0.4, 0.5) is 11.4 Å². The number of rotatable bonds is 5. The summed E-state index contributed by atoms with van der Waals surface area (Å²) in [5.74, 6) is 0.697. The van der Waals surface area contributed by atoms with Gasteiger partial charge in [0.15, 0.2) is 12.0 Å². The number of hydrogen-bond donors (Lipinski definition) is 0. The molecule has 0 aromatic heterocycles. The van der Waals surface area contributed by atoms with E-state index in [-0.39, 0.29) is 16.9 Å². The van der Waals surface area contributed by atoms with Crippen LogP contribution in [0, 0.1) is 16.0 Å². The quantitative estimate of drug-likeness (QED) is 0.613. The molecule has 0 saturated carbocycles. The molecule has 1 aromatic carbocycles. The normalized spacial score (nSPS) is 20.0. The molecule has 0 radical (unpaired) electrons. The van der Waals surface area contributed by atoms with Crippen molar-refractivity contribution in [1.82, 2.24) is 0 Å². The van der Waals surface area contributed by atoms with E-state index in [0.29, 0.717) is 37.2 Å². The maximum absolute atomic E-state index is 11.5. The van der Waals surface area contributed by atoms with E-state index in [2.05, 4.69) is 4.90 Å². The molecule has 0 atom stereocenters. The molecule has 2 saturated heterocycles. The first-order valence-corrected chi connectivity index (χ1v) is 8.09. The zero-order chi connectivity index (χ0) is 16.2. The summed E-state index contributed by atoms with van der Waals surface area (Å²) in [6.07, 6.45) is 1.70. The fourth-order valence-electron chi connectivity index (χ4n) is 3.28. The van der Waals surface area contributed by atoms with Gasteiger partial charge in [0, 0.05) is 19.0 Å². The van der Waals surface area contributed by atoms with E-state index in [9.17, 15) is 10.1 Å². The zero-order valence-electron chi connectivity index (χ0n) is 13.3. The third-order valence-electron chi connectivity index (χ3n) is 4.37. The van der Waals surface area contributed by atoms with Crippen molar-refractivity contribution in [3.63, 3.8) is 0 Å². The van der Waals surface area contributed by atoms with Crippen molar-refractivity contribution in [2.75, 3.05) is 37.8 Å². The van der Waals surface area contributed by atoms with E-state index in [4.69, 9.17) is 14.2 Å². The fourth-order valence-corrected chi connectivity index (χ4v) is 3.28. The number of hydrogen-bond acceptors (Lipinski definition) is 6. The molecule has 0 amide bonds. The summed E-state index contributed by atoms with van der Waals surface area (Å²) in [6, 6.07) is 5.25. The summed E-state index contributed by atoms with van der Waals surface area (Å²) in [4.78, 5) is 13.2. The number of nitro groups is 1. The average Bonchev–Trinajstić information content (AvgIpc) is 3.09. The summed E-state index contributed by atoms with van der Waals surface area (Å²) in [5, 5.41) is 11.5. The minimum atomic E-state index is -0.352. The van der Waals surface area contributed by atoms with Gasteiger partial charge in [0.25, 0.3) is 0 Å². The number of ether oxygens (including phenoxy) is 3. The van der Waals surface area contributed by atoms with E-state index in [1.165, 1.54) is 0 Å². The molecule has 7 nitrogen and oxygen atoms in total. The molecule has 3 rings (SSSR count). The number of benzene rings is 1. The number of para-hydroxylation sites is 1. The lowest BCUT2D eigenvalue weighted by molar-refractivity contribution is -0.385. The summed E-state index contributed by atoms with van der Waals surface area (Å²) >= 11 is 0. The van der Waals surface area contributed by atoms with E-state index in [1.54, 1.807) is 12.1 Å². The SMILES string of the molecule is CCOc1cccc(N2CCC(C3OCCO3)CC2)c1[N+](=O)[O-]. The minimum Gasteiger partial charge on any atom is -0.487 e. The van der Waals surface area contributed by atoms with E-state index >= 15 is 0 Å². The second kappa shape index (κ2) is 7.14. The Labute approximate surface area is 135 Å². The molecule has 23 heavy (non-hydrogen) atoms. The first kappa shape index (κ1) is 16.0. The van der Waals surface area contributed by atoms with Crippen molar-refractivity contribution in [3.05, 3.63) is 28.3 Å². The number of nitro benzene ring substituents is 1. The van der Waals surface area contributed by atoms with Crippen LogP contribution in [0.15, 0.2) is 18.2 Å². The third-order valence-corrected chi connectivity index (χ3v) is 4.37. The summed E-state index contributed by atoms with van der Waals surface area (Å²) in [5.41, 5.74) is 0.689. The first-order chi connectivity index (χ1) is 11.2. The Hall–Kier alpha value is -1.86. The molecule has 0 unspecified atom stereocenters. The van der Waals surface area contributed by atoms with Crippen LogP contribution in [0.5, 0.6) is 5.75 Å². The monoisotopic (exact) mass is 322 g/mol. The van der Waals surface area contributed by atoms with Gasteiger partial charge in [0.05, 0.1) is 24.7 Å². The summed E-state index contributed by atoms with van der Waals surface area (Å²) in [6.45, 7) is 5.06. The maximum atomic E-state index is 11.5. The predicted molar refractivity (Wildman–Crippen MR) is 84.9 cm³/mol. The van der Waals surface area contributed by atoms with Gasteiger partial charge in [0.1, 0.15) is 5.69 Å². The molecule has 0 N–H and O–H groups in total. The van der Waals surface area contributed by atoms with Gasteiger partial charge < -0.3 is 19.1 Å². The first-order valence-electron chi connectivity index (χ1n) is 8.09. The van der Waals surface area contributed by atoms with Gasteiger partial charge in [0.2, 0.25) is 0 Å². The van der Waals surface area contributed by atoms with Crippen LogP contribution in [-0.4, -0.2) is 44.1 Å². The van der Waals surface area contributed by atoms with Gasteiger partial charge in [-0.2, -0.15) is 0 Å². The predicted octanol–water partition coefficient (Wildman–Crippen LogP) is 2.58. The summed E-state index contributed by atoms with van der Waals surface area (Å²) in [7, 11) is 0. The van der Waals surface area contributed by atoms with Crippen LogP contribution in [0.25, 0.3) is 0 Å². The number of nitrogens with zero attached hydrogens (tertiary/aromatic N) is 2. The van der Waals surface area contributed by atoms with Gasteiger partial charge in [-0.15, -0.1) is 0 Å². The van der Waals surface area contributed by atoms with Gasteiger partial charge in [-0.3, -0.25) is 10.1 Å². The van der Waals surface area contributed by atoms with Crippen molar-refractivity contribution in [3.8, 4) is 5.75 Å². The van der Waals surface area contributed by atoms with Crippen LogP contribution < -0.4 is 9.64 Å². The van der Waals surface area contributed by atoms with Gasteiger partial charge >= 0.3 is 5.69 Å². The Morgan fingerprint density at radius 3 is 2.61 bits per heavy atom. The Balaban J connectivity index is 1.74. The van der Waals surface area contributed by atoms with E-state index in [0.717, 1.165) is 25.9 Å². The molecule has 0 aliphatic carbocycles. The van der Waals surface area contributed by atoms with Crippen molar-refractivity contribution in [2.24, 2.45) is 5.92 Å². The second-order valence-electron chi connectivity index (χ2n) is 5.75. The number of piperidine rings is 1. The Bertz CT molecular complexity index is 551. The fraction of sp³-hybridized carbons (Fsp3) is 0.625. The molecule has 2 fully saturated rings. The lowest BCUT2D eigenvalue weighted by Crippen LogP contribution is -2.38. The Kier molecular flexibility index (Phi) is 4.97. The highest BCUT2D eigenvalue weighted by Crippen LogP contribution is 2.39. The Morgan fingerprint density at radius 1 is 1.30 bits per heavy atom. The highest BCUT2D eigenvalue weighted by atomic mass is 16.7. The lowest BCUT2D eigenvalue weighted by Gasteiger charge is -2.35. The molecular formula is C16H22N2O5. The number of anilines is 1. The van der Waals surface area contributed by atoms with Gasteiger partial charge in [-0.25, -0.2) is 0 Å². The molecule has 2 aliphatic rings. The standard InChI is InChI=1S/C16H22N2O5/c1-2-21-14-5-3-4-13(15(14)18(19)20)17-8-6-12(7-9-17)16-22-10-11-23-16/h3-5,12,16H,2,6-11H2,1H3. The third kappa shape index (κ3) is 3.40. The van der Waals surface area contributed by atoms with Crippen molar-refractivity contribution in [1.29, 1.82) is 0 Å². The van der Waals surface area contributed by atoms with Crippen LogP contribution in [0.1, 0.15) is 19.8 Å². The molecule has 0 bridgehead atoms. The average molecular weight is 322 g/mol. The van der Waals surface area contributed by atoms with Crippen molar-refractivity contribution >= 4 is 11.4 Å². The largest absolute Gasteiger partial charge is 0.487 e. The molecule has 7 heteroatoms. The summed E-state index contributed by atoms with van der Waals surface area (Å²) < 4.78 is 16.6. The smallest absolute Gasteiger partial charge is 0.333 e. The van der Waals surface area contributed by atoms with Crippen molar-refractivity contribution in [2.45, 2.75) is 26.1 Å². The molecular weight excluding hydrogens is 300 g/mol. The van der Waals surface area contributed by atoms with Crippen LogP contribution in [0.2, 0.25) is 0 Å². The maximum Gasteiger partial charge on any atom is 0.333 e. The van der Waals surface area contributed by atoms with Crippen LogP contribution >= 0.6 is 0 Å². The second-order valence-corrected chi connectivity index (χ2v) is 5.75. The highest BCUT2D eigenvalue weighted by Gasteiger charge is 2.33. The molecule has 0 spiro atoms. The van der Waals surface area contributed by atoms with Gasteiger partial charge in [-0.05, 0) is 31.9 Å². The highest BCUT2D eigenvalue weighted by molar-refractivity contribution is 5.70. The topological polar surface area (TPSA) is 74.1 Å². The van der Waals surface area contributed by atoms with Crippen LogP contribution in [0.3, 0.4) is 0 Å². The molecule has 126 valence electrons.